The Morgan fingerprint density at radius 2 is 1.85 bits per heavy atom. The van der Waals surface area contributed by atoms with Crippen LogP contribution in [0.1, 0.15) is 48.9 Å². The number of carbonyl (C=O) groups is 2. The van der Waals surface area contributed by atoms with Crippen molar-refractivity contribution >= 4 is 27.7 Å². The molecular formula is C15H19BrN2O2. The van der Waals surface area contributed by atoms with Gasteiger partial charge in [0.2, 0.25) is 5.91 Å². The van der Waals surface area contributed by atoms with Gasteiger partial charge in [-0.3, -0.25) is 20.4 Å². The van der Waals surface area contributed by atoms with Crippen LogP contribution >= 0.6 is 15.9 Å². The molecule has 0 aliphatic heterocycles. The fourth-order valence-electron chi connectivity index (χ4n) is 2.54. The van der Waals surface area contributed by atoms with Gasteiger partial charge in [0.1, 0.15) is 0 Å². The van der Waals surface area contributed by atoms with Crippen molar-refractivity contribution in [1.82, 2.24) is 10.9 Å². The number of amides is 2. The van der Waals surface area contributed by atoms with Crippen LogP contribution < -0.4 is 10.9 Å². The third-order valence-electron chi connectivity index (χ3n) is 3.69. The standard InChI is InChI=1S/C15H19BrN2O2/c16-13-8-4-3-7-12(13)15(20)18-17-14(19)10-9-11-5-1-2-6-11/h3-4,7-8,11H,1-2,5-6,9-10H2,(H,17,19)(H,18,20). The van der Waals surface area contributed by atoms with Crippen LogP contribution in [-0.2, 0) is 4.79 Å². The van der Waals surface area contributed by atoms with E-state index in [0.717, 1.165) is 6.42 Å². The third-order valence-corrected chi connectivity index (χ3v) is 4.38. The summed E-state index contributed by atoms with van der Waals surface area (Å²) in [5.74, 6) is 0.240. The maximum absolute atomic E-state index is 11.9. The minimum Gasteiger partial charge on any atom is -0.273 e. The van der Waals surface area contributed by atoms with E-state index in [1.807, 2.05) is 6.07 Å². The predicted octanol–water partition coefficient (Wildman–Crippen LogP) is 3.18. The molecule has 1 aromatic rings. The summed E-state index contributed by atoms with van der Waals surface area (Å²) in [5, 5.41) is 0. The first kappa shape index (κ1) is 15.0. The zero-order chi connectivity index (χ0) is 14.4. The molecule has 20 heavy (non-hydrogen) atoms. The summed E-state index contributed by atoms with van der Waals surface area (Å²) in [7, 11) is 0. The van der Waals surface area contributed by atoms with E-state index in [0.29, 0.717) is 22.4 Å². The molecular weight excluding hydrogens is 320 g/mol. The molecule has 0 radical (unpaired) electrons. The molecule has 1 fully saturated rings. The monoisotopic (exact) mass is 338 g/mol. The second kappa shape index (κ2) is 7.43. The summed E-state index contributed by atoms with van der Waals surface area (Å²) in [6, 6.07) is 7.10. The lowest BCUT2D eigenvalue weighted by molar-refractivity contribution is -0.122. The van der Waals surface area contributed by atoms with Crippen molar-refractivity contribution in [2.45, 2.75) is 38.5 Å². The zero-order valence-corrected chi connectivity index (χ0v) is 12.9. The maximum Gasteiger partial charge on any atom is 0.270 e. The van der Waals surface area contributed by atoms with E-state index in [2.05, 4.69) is 26.8 Å². The SMILES string of the molecule is O=C(CCC1CCCC1)NNC(=O)c1ccccc1Br. The summed E-state index contributed by atoms with van der Waals surface area (Å²) >= 11 is 3.31. The quantitative estimate of drug-likeness (QED) is 0.828. The van der Waals surface area contributed by atoms with Crippen molar-refractivity contribution in [2.24, 2.45) is 5.92 Å². The smallest absolute Gasteiger partial charge is 0.270 e. The van der Waals surface area contributed by atoms with Crippen molar-refractivity contribution in [1.29, 1.82) is 0 Å². The van der Waals surface area contributed by atoms with Gasteiger partial charge in [-0.15, -0.1) is 0 Å². The fraction of sp³-hybridized carbons (Fsp3) is 0.467. The second-order valence-electron chi connectivity index (χ2n) is 5.17. The third kappa shape index (κ3) is 4.34. The van der Waals surface area contributed by atoms with Gasteiger partial charge in [-0.2, -0.15) is 0 Å². The van der Waals surface area contributed by atoms with Gasteiger partial charge in [0.05, 0.1) is 5.56 Å². The lowest BCUT2D eigenvalue weighted by Crippen LogP contribution is -2.41. The van der Waals surface area contributed by atoms with E-state index in [1.165, 1.54) is 25.7 Å². The topological polar surface area (TPSA) is 58.2 Å². The number of halogens is 1. The normalized spacial score (nSPS) is 15.1. The predicted molar refractivity (Wildman–Crippen MR) is 80.9 cm³/mol. The van der Waals surface area contributed by atoms with Gasteiger partial charge >= 0.3 is 0 Å². The molecule has 5 heteroatoms. The lowest BCUT2D eigenvalue weighted by Gasteiger charge is -2.10. The van der Waals surface area contributed by atoms with E-state index in [-0.39, 0.29) is 11.8 Å². The molecule has 0 spiro atoms. The second-order valence-corrected chi connectivity index (χ2v) is 6.03. The largest absolute Gasteiger partial charge is 0.273 e. The fourth-order valence-corrected chi connectivity index (χ4v) is 3.00. The summed E-state index contributed by atoms with van der Waals surface area (Å²) in [6.07, 6.45) is 6.42. The molecule has 2 amide bonds. The van der Waals surface area contributed by atoms with Crippen LogP contribution in [0.2, 0.25) is 0 Å². The molecule has 0 saturated heterocycles. The first-order chi connectivity index (χ1) is 9.66. The van der Waals surface area contributed by atoms with E-state index in [9.17, 15) is 9.59 Å². The van der Waals surface area contributed by atoms with Crippen molar-refractivity contribution in [2.75, 3.05) is 0 Å². The highest BCUT2D eigenvalue weighted by molar-refractivity contribution is 9.10. The summed E-state index contributed by atoms with van der Waals surface area (Å²) in [4.78, 5) is 23.6. The van der Waals surface area contributed by atoms with E-state index >= 15 is 0 Å². The Hall–Kier alpha value is -1.36. The van der Waals surface area contributed by atoms with Crippen LogP contribution in [-0.4, -0.2) is 11.8 Å². The molecule has 0 bridgehead atoms. The molecule has 2 N–H and O–H groups in total. The van der Waals surface area contributed by atoms with E-state index in [1.54, 1.807) is 18.2 Å². The molecule has 1 aliphatic carbocycles. The number of hydrazine groups is 1. The number of hydrogen-bond donors (Lipinski definition) is 2. The van der Waals surface area contributed by atoms with Crippen molar-refractivity contribution < 1.29 is 9.59 Å². The molecule has 0 heterocycles. The van der Waals surface area contributed by atoms with Crippen molar-refractivity contribution in [3.63, 3.8) is 0 Å². The number of benzene rings is 1. The minimum absolute atomic E-state index is 0.127. The average molecular weight is 339 g/mol. The Balaban J connectivity index is 1.72. The number of rotatable bonds is 4. The highest BCUT2D eigenvalue weighted by atomic mass is 79.9. The number of nitrogens with one attached hydrogen (secondary N) is 2. The van der Waals surface area contributed by atoms with Gasteiger partial charge in [0, 0.05) is 10.9 Å². The van der Waals surface area contributed by atoms with Gasteiger partial charge in [0.15, 0.2) is 0 Å². The van der Waals surface area contributed by atoms with Crippen LogP contribution in [0.3, 0.4) is 0 Å². The molecule has 4 nitrogen and oxygen atoms in total. The number of hydrogen-bond acceptors (Lipinski definition) is 2. The Kier molecular flexibility index (Phi) is 5.59. The molecule has 1 aliphatic rings. The van der Waals surface area contributed by atoms with Gasteiger partial charge in [-0.25, -0.2) is 0 Å². The van der Waals surface area contributed by atoms with Crippen LogP contribution in [0.25, 0.3) is 0 Å². The zero-order valence-electron chi connectivity index (χ0n) is 11.3. The van der Waals surface area contributed by atoms with Crippen LogP contribution in [0, 0.1) is 5.92 Å². The maximum atomic E-state index is 11.9. The average Bonchev–Trinajstić information content (AvgIpc) is 2.96. The van der Waals surface area contributed by atoms with Gasteiger partial charge in [-0.1, -0.05) is 37.8 Å². The summed E-state index contributed by atoms with van der Waals surface area (Å²) in [5.41, 5.74) is 5.42. The lowest BCUT2D eigenvalue weighted by atomic mass is 10.0. The van der Waals surface area contributed by atoms with Gasteiger partial charge in [0.25, 0.3) is 5.91 Å². The van der Waals surface area contributed by atoms with Crippen LogP contribution in [0.5, 0.6) is 0 Å². The molecule has 1 aromatic carbocycles. The van der Waals surface area contributed by atoms with Gasteiger partial charge in [-0.05, 0) is 40.4 Å². The first-order valence-electron chi connectivity index (χ1n) is 7.00. The van der Waals surface area contributed by atoms with Gasteiger partial charge < -0.3 is 0 Å². The van der Waals surface area contributed by atoms with Crippen molar-refractivity contribution in [3.05, 3.63) is 34.3 Å². The highest BCUT2D eigenvalue weighted by Crippen LogP contribution is 2.28. The summed E-state index contributed by atoms with van der Waals surface area (Å²) < 4.78 is 0.706. The number of carbonyl (C=O) groups excluding carboxylic acids is 2. The molecule has 0 aromatic heterocycles. The Bertz CT molecular complexity index is 485. The Morgan fingerprint density at radius 1 is 1.15 bits per heavy atom. The summed E-state index contributed by atoms with van der Waals surface area (Å²) in [6.45, 7) is 0. The molecule has 2 rings (SSSR count). The molecule has 1 saturated carbocycles. The van der Waals surface area contributed by atoms with Crippen LogP contribution in [0.4, 0.5) is 0 Å². The van der Waals surface area contributed by atoms with E-state index < -0.39 is 0 Å². The van der Waals surface area contributed by atoms with Crippen LogP contribution in [0.15, 0.2) is 28.7 Å². The van der Waals surface area contributed by atoms with E-state index in [4.69, 9.17) is 0 Å². The molecule has 0 unspecified atom stereocenters. The molecule has 108 valence electrons. The Morgan fingerprint density at radius 3 is 2.55 bits per heavy atom. The minimum atomic E-state index is -0.313. The Labute approximate surface area is 127 Å². The van der Waals surface area contributed by atoms with Crippen molar-refractivity contribution in [3.8, 4) is 0 Å². The highest BCUT2D eigenvalue weighted by Gasteiger charge is 2.16. The molecule has 0 atom stereocenters. The first-order valence-corrected chi connectivity index (χ1v) is 7.80.